The largest absolute Gasteiger partial charge is 0.434 e. The molecule has 3 rings (SSSR count). The predicted molar refractivity (Wildman–Crippen MR) is 117 cm³/mol. The number of nitrogens with one attached hydrogen (secondary N) is 1. The van der Waals surface area contributed by atoms with Crippen molar-refractivity contribution < 1.29 is 23.1 Å². The summed E-state index contributed by atoms with van der Waals surface area (Å²) in [6.07, 6.45) is 2.33. The second kappa shape index (κ2) is 11.2. The van der Waals surface area contributed by atoms with E-state index in [1.54, 1.807) is 12.1 Å². The summed E-state index contributed by atoms with van der Waals surface area (Å²) in [5.41, 5.74) is 1.60. The second-order valence-corrected chi connectivity index (χ2v) is 8.40. The molecule has 0 spiro atoms. The number of nitrogens with zero attached hydrogens (tertiary/aromatic N) is 1. The highest BCUT2D eigenvalue weighted by atomic mass is 79.9. The van der Waals surface area contributed by atoms with Crippen molar-refractivity contribution in [2.45, 2.75) is 38.8 Å². The van der Waals surface area contributed by atoms with E-state index in [0.29, 0.717) is 48.8 Å². The maximum absolute atomic E-state index is 12.6. The molecule has 5 nitrogen and oxygen atoms in total. The number of rotatable bonds is 8. The fourth-order valence-electron chi connectivity index (χ4n) is 3.67. The number of hydrogen-bond donors (Lipinski definition) is 1. The van der Waals surface area contributed by atoms with E-state index in [0.717, 1.165) is 5.56 Å². The number of alkyl halides is 2. The standard InChI is InChI=1S/C23H25BrF2N2O3/c24-19-7-8-20(31-23(25)26)18(14-19)15-27-22(30)17-10-12-28(13-11-17)21(29)9-6-16-4-2-1-3-5-16/h1-5,7-8,14,17,23H,6,9-13,15H2,(H,27,30). The lowest BCUT2D eigenvalue weighted by molar-refractivity contribution is -0.135. The third-order valence-electron chi connectivity index (χ3n) is 5.38. The number of ether oxygens (including phenoxy) is 1. The summed E-state index contributed by atoms with van der Waals surface area (Å²) in [7, 11) is 0. The minimum atomic E-state index is -2.93. The molecule has 1 heterocycles. The van der Waals surface area contributed by atoms with E-state index in [1.165, 1.54) is 6.07 Å². The SMILES string of the molecule is O=C(NCc1cc(Br)ccc1OC(F)F)C1CCN(C(=O)CCc2ccccc2)CC1. The van der Waals surface area contributed by atoms with Crippen LogP contribution in [0.5, 0.6) is 5.75 Å². The van der Waals surface area contributed by atoms with Crippen LogP contribution in [0.15, 0.2) is 53.0 Å². The molecule has 0 aliphatic carbocycles. The molecule has 0 bridgehead atoms. The number of aryl methyl sites for hydroxylation is 1. The van der Waals surface area contributed by atoms with Crippen molar-refractivity contribution in [3.8, 4) is 5.75 Å². The van der Waals surface area contributed by atoms with Crippen LogP contribution >= 0.6 is 15.9 Å². The van der Waals surface area contributed by atoms with Crippen molar-refractivity contribution in [2.24, 2.45) is 5.92 Å². The molecule has 1 fully saturated rings. The Balaban J connectivity index is 1.45. The Morgan fingerprint density at radius 3 is 2.52 bits per heavy atom. The molecule has 1 saturated heterocycles. The number of hydrogen-bond acceptors (Lipinski definition) is 3. The molecule has 0 unspecified atom stereocenters. The monoisotopic (exact) mass is 494 g/mol. The van der Waals surface area contributed by atoms with Gasteiger partial charge < -0.3 is 15.0 Å². The zero-order valence-corrected chi connectivity index (χ0v) is 18.6. The van der Waals surface area contributed by atoms with Crippen LogP contribution in [0.1, 0.15) is 30.4 Å². The summed E-state index contributed by atoms with van der Waals surface area (Å²) < 4.78 is 30.4. The van der Waals surface area contributed by atoms with Gasteiger partial charge in [0.25, 0.3) is 0 Å². The van der Waals surface area contributed by atoms with Gasteiger partial charge >= 0.3 is 6.61 Å². The average Bonchev–Trinajstić information content (AvgIpc) is 2.78. The topological polar surface area (TPSA) is 58.6 Å². The van der Waals surface area contributed by atoms with Gasteiger partial charge in [0.05, 0.1) is 0 Å². The van der Waals surface area contributed by atoms with Crippen LogP contribution in [0.4, 0.5) is 8.78 Å². The van der Waals surface area contributed by atoms with E-state index in [2.05, 4.69) is 26.0 Å². The molecule has 2 aromatic carbocycles. The molecule has 2 aromatic rings. The van der Waals surface area contributed by atoms with Gasteiger partial charge in [0.15, 0.2) is 0 Å². The van der Waals surface area contributed by atoms with Gasteiger partial charge in [-0.3, -0.25) is 9.59 Å². The van der Waals surface area contributed by atoms with Crippen LogP contribution in [0.3, 0.4) is 0 Å². The molecule has 0 saturated carbocycles. The van der Waals surface area contributed by atoms with Gasteiger partial charge in [-0.15, -0.1) is 0 Å². The predicted octanol–water partition coefficient (Wildman–Crippen LogP) is 4.54. The van der Waals surface area contributed by atoms with Crippen molar-refractivity contribution in [2.75, 3.05) is 13.1 Å². The summed E-state index contributed by atoms with van der Waals surface area (Å²) in [5, 5.41) is 2.81. The van der Waals surface area contributed by atoms with Gasteiger partial charge in [0, 0.05) is 42.0 Å². The summed E-state index contributed by atoms with van der Waals surface area (Å²) in [6.45, 7) is -1.75. The van der Waals surface area contributed by atoms with Crippen LogP contribution in [0.2, 0.25) is 0 Å². The summed E-state index contributed by atoms with van der Waals surface area (Å²) >= 11 is 3.30. The minimum absolute atomic E-state index is 0.0392. The second-order valence-electron chi connectivity index (χ2n) is 7.49. The molecule has 166 valence electrons. The van der Waals surface area contributed by atoms with E-state index < -0.39 is 6.61 Å². The van der Waals surface area contributed by atoms with Crippen molar-refractivity contribution in [1.82, 2.24) is 10.2 Å². The smallest absolute Gasteiger partial charge is 0.387 e. The lowest BCUT2D eigenvalue weighted by Crippen LogP contribution is -2.43. The highest BCUT2D eigenvalue weighted by Gasteiger charge is 2.27. The molecule has 31 heavy (non-hydrogen) atoms. The van der Waals surface area contributed by atoms with Crippen LogP contribution < -0.4 is 10.1 Å². The Bertz CT molecular complexity index is 888. The van der Waals surface area contributed by atoms with Crippen molar-refractivity contribution in [1.29, 1.82) is 0 Å². The molecular formula is C23H25BrF2N2O3. The quantitative estimate of drug-likeness (QED) is 0.586. The van der Waals surface area contributed by atoms with Crippen molar-refractivity contribution >= 4 is 27.7 Å². The minimum Gasteiger partial charge on any atom is -0.434 e. The first-order chi connectivity index (χ1) is 14.9. The highest BCUT2D eigenvalue weighted by Crippen LogP contribution is 2.25. The maximum Gasteiger partial charge on any atom is 0.387 e. The van der Waals surface area contributed by atoms with Crippen LogP contribution in [0.25, 0.3) is 0 Å². The van der Waals surface area contributed by atoms with E-state index in [9.17, 15) is 18.4 Å². The van der Waals surface area contributed by atoms with Gasteiger partial charge in [-0.25, -0.2) is 0 Å². The van der Waals surface area contributed by atoms with E-state index >= 15 is 0 Å². The number of halogens is 3. The zero-order chi connectivity index (χ0) is 22.2. The molecule has 0 atom stereocenters. The molecule has 1 N–H and O–H groups in total. The number of amides is 2. The van der Waals surface area contributed by atoms with Gasteiger partial charge in [-0.1, -0.05) is 46.3 Å². The third-order valence-corrected chi connectivity index (χ3v) is 5.87. The number of benzene rings is 2. The van der Waals surface area contributed by atoms with E-state index in [4.69, 9.17) is 0 Å². The lowest BCUT2D eigenvalue weighted by atomic mass is 9.95. The number of carbonyl (C=O) groups is 2. The molecule has 0 radical (unpaired) electrons. The normalized spacial score (nSPS) is 14.5. The Morgan fingerprint density at radius 1 is 1.13 bits per heavy atom. The maximum atomic E-state index is 12.6. The van der Waals surface area contributed by atoms with Crippen molar-refractivity contribution in [3.63, 3.8) is 0 Å². The van der Waals surface area contributed by atoms with E-state index in [-0.39, 0.29) is 30.0 Å². The van der Waals surface area contributed by atoms with Gasteiger partial charge in [0.1, 0.15) is 5.75 Å². The molecule has 1 aliphatic rings. The Morgan fingerprint density at radius 2 is 1.84 bits per heavy atom. The number of likely N-dealkylation sites (tertiary alicyclic amines) is 1. The molecule has 8 heteroatoms. The molecule has 0 aromatic heterocycles. The van der Waals surface area contributed by atoms with Crippen LogP contribution in [-0.4, -0.2) is 36.4 Å². The Hall–Kier alpha value is -2.48. The first-order valence-electron chi connectivity index (χ1n) is 10.2. The number of carbonyl (C=O) groups excluding carboxylic acids is 2. The Kier molecular flexibility index (Phi) is 8.40. The highest BCUT2D eigenvalue weighted by molar-refractivity contribution is 9.10. The number of piperidine rings is 1. The first-order valence-corrected chi connectivity index (χ1v) is 11.0. The molecule has 2 amide bonds. The summed E-state index contributed by atoms with van der Waals surface area (Å²) in [6, 6.07) is 14.6. The fraction of sp³-hybridized carbons (Fsp3) is 0.391. The Labute approximate surface area is 188 Å². The average molecular weight is 495 g/mol. The van der Waals surface area contributed by atoms with Gasteiger partial charge in [0.2, 0.25) is 11.8 Å². The van der Waals surface area contributed by atoms with Crippen molar-refractivity contribution in [3.05, 3.63) is 64.1 Å². The zero-order valence-electron chi connectivity index (χ0n) is 17.0. The molecular weight excluding hydrogens is 470 g/mol. The fourth-order valence-corrected chi connectivity index (χ4v) is 4.08. The van der Waals surface area contributed by atoms with Crippen LogP contribution in [0, 0.1) is 5.92 Å². The molecule has 1 aliphatic heterocycles. The van der Waals surface area contributed by atoms with Gasteiger partial charge in [-0.05, 0) is 43.0 Å². The van der Waals surface area contributed by atoms with Crippen LogP contribution in [-0.2, 0) is 22.6 Å². The van der Waals surface area contributed by atoms with E-state index in [1.807, 2.05) is 35.2 Å². The third kappa shape index (κ3) is 7.02. The van der Waals surface area contributed by atoms with Gasteiger partial charge in [-0.2, -0.15) is 8.78 Å². The summed E-state index contributed by atoms with van der Waals surface area (Å²) in [4.78, 5) is 26.8. The summed E-state index contributed by atoms with van der Waals surface area (Å²) in [5.74, 6) is -0.202. The first kappa shape index (κ1) is 23.2. The lowest BCUT2D eigenvalue weighted by Gasteiger charge is -2.31.